The first-order valence-corrected chi connectivity index (χ1v) is 12.0. The molecule has 0 aliphatic heterocycles. The number of nitrogens with zero attached hydrogens (tertiary/aromatic N) is 2. The maximum Gasteiger partial charge on any atom is 0.339 e. The summed E-state index contributed by atoms with van der Waals surface area (Å²) in [6.45, 7) is 5.25. The lowest BCUT2D eigenvalue weighted by molar-refractivity contribution is 0.0278. The Labute approximate surface area is 196 Å². The molecule has 1 N–H and O–H groups in total. The molecular weight excluding hydrogens is 458 g/mol. The summed E-state index contributed by atoms with van der Waals surface area (Å²) in [5.74, 6) is 0.201. The van der Waals surface area contributed by atoms with Gasteiger partial charge in [0.25, 0.3) is 5.89 Å². The van der Waals surface area contributed by atoms with Gasteiger partial charge in [0.2, 0.25) is 15.9 Å². The molecule has 4 rings (SSSR count). The number of aryl methyl sites for hydroxylation is 2. The SMILES string of the molecule is Cc1ccc(-c2nnc(C(C)OC(=O)c3cc(S(=O)(=O)NCc4ccco4)ccc3C)o2)cc1. The van der Waals surface area contributed by atoms with Crippen LogP contribution >= 0.6 is 0 Å². The molecule has 4 aromatic rings. The van der Waals surface area contributed by atoms with Gasteiger partial charge in [0.15, 0.2) is 6.10 Å². The van der Waals surface area contributed by atoms with E-state index in [-0.39, 0.29) is 22.9 Å². The van der Waals surface area contributed by atoms with Crippen LogP contribution in [-0.2, 0) is 21.3 Å². The van der Waals surface area contributed by atoms with E-state index in [1.54, 1.807) is 32.0 Å². The molecule has 0 fully saturated rings. The fourth-order valence-corrected chi connectivity index (χ4v) is 4.16. The first-order chi connectivity index (χ1) is 16.2. The molecular formula is C24H23N3O6S. The van der Waals surface area contributed by atoms with Crippen molar-refractivity contribution in [2.45, 2.75) is 38.3 Å². The number of carbonyl (C=O) groups is 1. The van der Waals surface area contributed by atoms with Crippen molar-refractivity contribution in [1.29, 1.82) is 0 Å². The van der Waals surface area contributed by atoms with Crippen LogP contribution in [-0.4, -0.2) is 24.6 Å². The third-order valence-electron chi connectivity index (χ3n) is 5.13. The molecule has 0 radical (unpaired) electrons. The average Bonchev–Trinajstić information content (AvgIpc) is 3.51. The number of esters is 1. The number of benzene rings is 2. The number of nitrogens with one attached hydrogen (secondary N) is 1. The molecule has 2 heterocycles. The zero-order valence-corrected chi connectivity index (χ0v) is 19.6. The van der Waals surface area contributed by atoms with Gasteiger partial charge in [-0.1, -0.05) is 23.8 Å². The molecule has 9 nitrogen and oxygen atoms in total. The van der Waals surface area contributed by atoms with E-state index in [9.17, 15) is 13.2 Å². The fourth-order valence-electron chi connectivity index (χ4n) is 3.14. The van der Waals surface area contributed by atoms with Gasteiger partial charge in [0, 0.05) is 5.56 Å². The molecule has 0 spiro atoms. The predicted molar refractivity (Wildman–Crippen MR) is 122 cm³/mol. The van der Waals surface area contributed by atoms with Gasteiger partial charge < -0.3 is 13.6 Å². The van der Waals surface area contributed by atoms with Crippen LogP contribution in [0.25, 0.3) is 11.5 Å². The largest absolute Gasteiger partial charge is 0.468 e. The van der Waals surface area contributed by atoms with Crippen LogP contribution in [0.4, 0.5) is 0 Å². The Morgan fingerprint density at radius 1 is 1.09 bits per heavy atom. The Bertz CT molecular complexity index is 1390. The first kappa shape index (κ1) is 23.4. The van der Waals surface area contributed by atoms with Crippen molar-refractivity contribution in [2.24, 2.45) is 0 Å². The summed E-state index contributed by atoms with van der Waals surface area (Å²) in [6, 6.07) is 15.1. The third-order valence-corrected chi connectivity index (χ3v) is 6.53. The third kappa shape index (κ3) is 5.24. The highest BCUT2D eigenvalue weighted by Crippen LogP contribution is 2.25. The van der Waals surface area contributed by atoms with Crippen molar-refractivity contribution < 1.29 is 26.8 Å². The molecule has 0 aliphatic rings. The number of hydrogen-bond acceptors (Lipinski definition) is 8. The van der Waals surface area contributed by atoms with Gasteiger partial charge >= 0.3 is 5.97 Å². The molecule has 0 bridgehead atoms. The Morgan fingerprint density at radius 2 is 1.85 bits per heavy atom. The van der Waals surface area contributed by atoms with Crippen molar-refractivity contribution in [3.63, 3.8) is 0 Å². The molecule has 34 heavy (non-hydrogen) atoms. The molecule has 0 saturated carbocycles. The van der Waals surface area contributed by atoms with Crippen molar-refractivity contribution in [3.05, 3.63) is 89.2 Å². The van der Waals surface area contributed by atoms with E-state index in [1.165, 1.54) is 18.4 Å². The summed E-state index contributed by atoms with van der Waals surface area (Å²) in [5.41, 5.74) is 2.53. The summed E-state index contributed by atoms with van der Waals surface area (Å²) < 4.78 is 44.1. The normalized spacial score (nSPS) is 12.4. The van der Waals surface area contributed by atoms with Crippen LogP contribution in [0.2, 0.25) is 0 Å². The number of rotatable bonds is 8. The summed E-state index contributed by atoms with van der Waals surface area (Å²) in [4.78, 5) is 12.8. The summed E-state index contributed by atoms with van der Waals surface area (Å²) in [7, 11) is -3.88. The number of furan rings is 1. The van der Waals surface area contributed by atoms with Crippen LogP contribution < -0.4 is 4.72 Å². The topological polar surface area (TPSA) is 125 Å². The Balaban J connectivity index is 1.48. The van der Waals surface area contributed by atoms with Gasteiger partial charge in [-0.15, -0.1) is 10.2 Å². The van der Waals surface area contributed by atoms with Crippen LogP contribution in [0.5, 0.6) is 0 Å². The molecule has 2 aromatic heterocycles. The van der Waals surface area contributed by atoms with Crippen LogP contribution in [0.15, 0.2) is 74.6 Å². The van der Waals surface area contributed by atoms with Gasteiger partial charge in [0.05, 0.1) is 23.3 Å². The lowest BCUT2D eigenvalue weighted by atomic mass is 10.1. The lowest BCUT2D eigenvalue weighted by Gasteiger charge is -2.12. The van der Waals surface area contributed by atoms with Crippen LogP contribution in [0.3, 0.4) is 0 Å². The van der Waals surface area contributed by atoms with E-state index in [0.29, 0.717) is 17.2 Å². The van der Waals surface area contributed by atoms with Crippen molar-refractivity contribution in [3.8, 4) is 11.5 Å². The van der Waals surface area contributed by atoms with Crippen molar-refractivity contribution in [2.75, 3.05) is 0 Å². The minimum atomic E-state index is -3.88. The summed E-state index contributed by atoms with van der Waals surface area (Å²) in [5, 5.41) is 8.00. The molecule has 176 valence electrons. The Morgan fingerprint density at radius 3 is 2.56 bits per heavy atom. The number of aromatic nitrogens is 2. The number of carbonyl (C=O) groups excluding carboxylic acids is 1. The second kappa shape index (κ2) is 9.62. The first-order valence-electron chi connectivity index (χ1n) is 10.5. The smallest absolute Gasteiger partial charge is 0.339 e. The molecule has 1 unspecified atom stereocenters. The Kier molecular flexibility index (Phi) is 6.62. The second-order valence-electron chi connectivity index (χ2n) is 7.74. The molecule has 10 heteroatoms. The van der Waals surface area contributed by atoms with E-state index in [4.69, 9.17) is 13.6 Å². The van der Waals surface area contributed by atoms with Gasteiger partial charge in [0.1, 0.15) is 5.76 Å². The molecule has 1 atom stereocenters. The summed E-state index contributed by atoms with van der Waals surface area (Å²) >= 11 is 0. The maximum absolute atomic E-state index is 12.8. The minimum absolute atomic E-state index is 0.0134. The van der Waals surface area contributed by atoms with Crippen molar-refractivity contribution >= 4 is 16.0 Å². The van der Waals surface area contributed by atoms with E-state index in [0.717, 1.165) is 11.1 Å². The number of sulfonamides is 1. The number of ether oxygens (including phenoxy) is 1. The monoisotopic (exact) mass is 481 g/mol. The highest BCUT2D eigenvalue weighted by Gasteiger charge is 2.23. The molecule has 0 aliphatic carbocycles. The van der Waals surface area contributed by atoms with Gasteiger partial charge in [-0.05, 0) is 62.7 Å². The molecule has 0 amide bonds. The highest BCUT2D eigenvalue weighted by molar-refractivity contribution is 7.89. The number of hydrogen-bond donors (Lipinski definition) is 1. The van der Waals surface area contributed by atoms with Crippen molar-refractivity contribution in [1.82, 2.24) is 14.9 Å². The predicted octanol–water partition coefficient (Wildman–Crippen LogP) is 4.34. The molecule has 0 saturated heterocycles. The fraction of sp³-hybridized carbons (Fsp3) is 0.208. The quantitative estimate of drug-likeness (QED) is 0.369. The van der Waals surface area contributed by atoms with Gasteiger partial charge in [-0.3, -0.25) is 0 Å². The summed E-state index contributed by atoms with van der Waals surface area (Å²) in [6.07, 6.45) is 0.619. The van der Waals surface area contributed by atoms with E-state index in [2.05, 4.69) is 14.9 Å². The Hall–Kier alpha value is -3.76. The van der Waals surface area contributed by atoms with E-state index in [1.807, 2.05) is 31.2 Å². The zero-order valence-electron chi connectivity index (χ0n) is 18.8. The minimum Gasteiger partial charge on any atom is -0.468 e. The highest BCUT2D eigenvalue weighted by atomic mass is 32.2. The van der Waals surface area contributed by atoms with Gasteiger partial charge in [-0.2, -0.15) is 0 Å². The standard InChI is InChI=1S/C24H23N3O6S/c1-15-6-9-18(10-7-15)23-27-26-22(33-23)17(3)32-24(28)21-13-20(11-8-16(21)2)34(29,30)25-14-19-5-4-12-31-19/h4-13,17,25H,14H2,1-3H3. The van der Waals surface area contributed by atoms with E-state index >= 15 is 0 Å². The lowest BCUT2D eigenvalue weighted by Crippen LogP contribution is -2.23. The average molecular weight is 482 g/mol. The molecule has 2 aromatic carbocycles. The van der Waals surface area contributed by atoms with Gasteiger partial charge in [-0.25, -0.2) is 17.9 Å². The maximum atomic E-state index is 12.8. The van der Waals surface area contributed by atoms with Crippen LogP contribution in [0.1, 0.15) is 46.2 Å². The van der Waals surface area contributed by atoms with E-state index < -0.39 is 22.1 Å². The zero-order chi connectivity index (χ0) is 24.3. The van der Waals surface area contributed by atoms with Crippen LogP contribution in [0, 0.1) is 13.8 Å². The second-order valence-corrected chi connectivity index (χ2v) is 9.51.